The van der Waals surface area contributed by atoms with Gasteiger partial charge in [-0.2, -0.15) is 0 Å². The molecule has 5 heteroatoms. The van der Waals surface area contributed by atoms with Crippen molar-refractivity contribution >= 4 is 45.8 Å². The Balaban J connectivity index is 2.50. The van der Waals surface area contributed by atoms with Crippen LogP contribution in [0.2, 0.25) is 10.0 Å². The third-order valence-electron chi connectivity index (χ3n) is 2.98. The van der Waals surface area contributed by atoms with Crippen LogP contribution < -0.4 is 11.3 Å². The van der Waals surface area contributed by atoms with Crippen LogP contribution in [0.15, 0.2) is 36.4 Å². The van der Waals surface area contributed by atoms with Gasteiger partial charge in [-0.3, -0.25) is 5.84 Å². The summed E-state index contributed by atoms with van der Waals surface area (Å²) in [5.74, 6) is 5.71. The first kappa shape index (κ1) is 15.1. The SMILES string of the molecule is Cc1cccc(C(NN)c2ccc(Cl)c(Cl)c2)c1I. The van der Waals surface area contributed by atoms with Crippen molar-refractivity contribution in [3.05, 3.63) is 66.7 Å². The highest BCUT2D eigenvalue weighted by Crippen LogP contribution is 2.31. The Morgan fingerprint density at radius 1 is 1.16 bits per heavy atom. The number of nitrogens with one attached hydrogen (secondary N) is 1. The first-order valence-electron chi connectivity index (χ1n) is 5.70. The molecule has 2 aromatic rings. The van der Waals surface area contributed by atoms with Crippen LogP contribution >= 0.6 is 45.8 Å². The lowest BCUT2D eigenvalue weighted by molar-refractivity contribution is 0.634. The summed E-state index contributed by atoms with van der Waals surface area (Å²) in [6.45, 7) is 2.08. The van der Waals surface area contributed by atoms with Crippen molar-refractivity contribution in [2.45, 2.75) is 13.0 Å². The maximum Gasteiger partial charge on any atom is 0.0720 e. The molecule has 0 bridgehead atoms. The minimum Gasteiger partial charge on any atom is -0.271 e. The van der Waals surface area contributed by atoms with Gasteiger partial charge in [0.25, 0.3) is 0 Å². The second-order valence-electron chi connectivity index (χ2n) is 4.25. The number of hydrogen-bond donors (Lipinski definition) is 2. The molecule has 0 aliphatic heterocycles. The van der Waals surface area contributed by atoms with Gasteiger partial charge in [-0.25, -0.2) is 5.43 Å². The van der Waals surface area contributed by atoms with Crippen LogP contribution in [0.25, 0.3) is 0 Å². The lowest BCUT2D eigenvalue weighted by Gasteiger charge is -2.20. The molecule has 2 rings (SSSR count). The van der Waals surface area contributed by atoms with Crippen LogP contribution in [0, 0.1) is 10.5 Å². The fourth-order valence-electron chi connectivity index (χ4n) is 1.95. The molecule has 100 valence electrons. The van der Waals surface area contributed by atoms with Crippen molar-refractivity contribution in [1.82, 2.24) is 5.43 Å². The highest BCUT2D eigenvalue weighted by Gasteiger charge is 2.17. The van der Waals surface area contributed by atoms with Crippen molar-refractivity contribution in [1.29, 1.82) is 0 Å². The van der Waals surface area contributed by atoms with E-state index in [4.69, 9.17) is 29.0 Å². The van der Waals surface area contributed by atoms with Crippen LogP contribution in [0.1, 0.15) is 22.7 Å². The third-order valence-corrected chi connectivity index (χ3v) is 5.19. The van der Waals surface area contributed by atoms with Gasteiger partial charge >= 0.3 is 0 Å². The van der Waals surface area contributed by atoms with Gasteiger partial charge in [0.1, 0.15) is 0 Å². The molecule has 2 aromatic carbocycles. The van der Waals surface area contributed by atoms with E-state index in [1.54, 1.807) is 6.07 Å². The molecule has 0 radical (unpaired) electrons. The topological polar surface area (TPSA) is 38.0 Å². The van der Waals surface area contributed by atoms with Crippen LogP contribution in [-0.2, 0) is 0 Å². The second-order valence-corrected chi connectivity index (χ2v) is 6.14. The molecule has 3 N–H and O–H groups in total. The fraction of sp³-hybridized carbons (Fsp3) is 0.143. The molecule has 19 heavy (non-hydrogen) atoms. The van der Waals surface area contributed by atoms with E-state index in [1.807, 2.05) is 18.2 Å². The van der Waals surface area contributed by atoms with E-state index >= 15 is 0 Å². The number of nitrogens with two attached hydrogens (primary N) is 1. The van der Waals surface area contributed by atoms with Crippen molar-refractivity contribution in [2.75, 3.05) is 0 Å². The van der Waals surface area contributed by atoms with Crippen LogP contribution in [0.4, 0.5) is 0 Å². The van der Waals surface area contributed by atoms with E-state index in [0.29, 0.717) is 10.0 Å². The molecule has 2 nitrogen and oxygen atoms in total. The predicted molar refractivity (Wildman–Crippen MR) is 89.5 cm³/mol. The van der Waals surface area contributed by atoms with Gasteiger partial charge in [0.15, 0.2) is 0 Å². The quantitative estimate of drug-likeness (QED) is 0.448. The summed E-state index contributed by atoms with van der Waals surface area (Å²) >= 11 is 14.3. The maximum atomic E-state index is 6.07. The average Bonchev–Trinajstić information content (AvgIpc) is 2.39. The molecule has 0 aliphatic rings. The zero-order valence-corrected chi connectivity index (χ0v) is 13.9. The van der Waals surface area contributed by atoms with E-state index in [1.165, 1.54) is 9.13 Å². The normalized spacial score (nSPS) is 12.5. The summed E-state index contributed by atoms with van der Waals surface area (Å²) in [5.41, 5.74) is 6.18. The van der Waals surface area contributed by atoms with Gasteiger partial charge in [-0.15, -0.1) is 0 Å². The number of hydrazine groups is 1. The second kappa shape index (κ2) is 6.41. The van der Waals surface area contributed by atoms with E-state index in [-0.39, 0.29) is 6.04 Å². The molecule has 0 amide bonds. The van der Waals surface area contributed by atoms with E-state index in [2.05, 4.69) is 47.1 Å². The predicted octanol–water partition coefficient (Wildman–Crippen LogP) is 4.46. The zero-order chi connectivity index (χ0) is 14.0. The van der Waals surface area contributed by atoms with Gasteiger partial charge in [0.05, 0.1) is 16.1 Å². The lowest BCUT2D eigenvalue weighted by atomic mass is 9.98. The summed E-state index contributed by atoms with van der Waals surface area (Å²) in [6.07, 6.45) is 0. The summed E-state index contributed by atoms with van der Waals surface area (Å²) in [5, 5.41) is 1.07. The van der Waals surface area contributed by atoms with Crippen LogP contribution in [0.5, 0.6) is 0 Å². The molecule has 0 aliphatic carbocycles. The highest BCUT2D eigenvalue weighted by molar-refractivity contribution is 14.1. The fourth-order valence-corrected chi connectivity index (χ4v) is 2.93. The standard InChI is InChI=1S/C14H13Cl2IN2/c1-8-3-2-4-10(13(8)17)14(19-18)9-5-6-11(15)12(16)7-9/h2-7,14,19H,18H2,1H3. The maximum absolute atomic E-state index is 6.07. The molecule has 0 aromatic heterocycles. The van der Waals surface area contributed by atoms with Gasteiger partial charge in [-0.05, 0) is 58.3 Å². The Morgan fingerprint density at radius 2 is 1.89 bits per heavy atom. The van der Waals surface area contributed by atoms with Crippen molar-refractivity contribution in [3.8, 4) is 0 Å². The number of hydrogen-bond acceptors (Lipinski definition) is 2. The summed E-state index contributed by atoms with van der Waals surface area (Å²) in [7, 11) is 0. The smallest absolute Gasteiger partial charge is 0.0720 e. The summed E-state index contributed by atoms with van der Waals surface area (Å²) < 4.78 is 1.19. The first-order valence-corrected chi connectivity index (χ1v) is 7.54. The molecule has 1 unspecified atom stereocenters. The Bertz CT molecular complexity index is 602. The number of benzene rings is 2. The molecule has 1 atom stereocenters. The molecule has 0 fully saturated rings. The van der Waals surface area contributed by atoms with Gasteiger partial charge < -0.3 is 0 Å². The lowest BCUT2D eigenvalue weighted by Crippen LogP contribution is -2.29. The number of halogens is 3. The summed E-state index contributed by atoms with van der Waals surface area (Å²) in [6, 6.07) is 11.6. The Kier molecular flexibility index (Phi) is 5.09. The number of aryl methyl sites for hydroxylation is 1. The van der Waals surface area contributed by atoms with E-state index < -0.39 is 0 Å². The Labute approximate surface area is 136 Å². The minimum atomic E-state index is -0.110. The van der Waals surface area contributed by atoms with Gasteiger partial charge in [0.2, 0.25) is 0 Å². The third kappa shape index (κ3) is 3.23. The van der Waals surface area contributed by atoms with Crippen LogP contribution in [-0.4, -0.2) is 0 Å². The van der Waals surface area contributed by atoms with Crippen molar-refractivity contribution in [3.63, 3.8) is 0 Å². The van der Waals surface area contributed by atoms with Gasteiger partial charge in [0, 0.05) is 3.57 Å². The average molecular weight is 407 g/mol. The Hall–Kier alpha value is -0.330. The van der Waals surface area contributed by atoms with E-state index in [0.717, 1.165) is 11.1 Å². The molecular weight excluding hydrogens is 394 g/mol. The van der Waals surface area contributed by atoms with E-state index in [9.17, 15) is 0 Å². The molecular formula is C14H13Cl2IN2. The highest BCUT2D eigenvalue weighted by atomic mass is 127. The first-order chi connectivity index (χ1) is 9.04. The molecule has 0 saturated carbocycles. The minimum absolute atomic E-state index is 0.110. The summed E-state index contributed by atoms with van der Waals surface area (Å²) in [4.78, 5) is 0. The monoisotopic (exact) mass is 406 g/mol. The largest absolute Gasteiger partial charge is 0.271 e. The van der Waals surface area contributed by atoms with Gasteiger partial charge in [-0.1, -0.05) is 47.5 Å². The van der Waals surface area contributed by atoms with Crippen molar-refractivity contribution in [2.24, 2.45) is 5.84 Å². The molecule has 0 spiro atoms. The van der Waals surface area contributed by atoms with Crippen LogP contribution in [0.3, 0.4) is 0 Å². The zero-order valence-electron chi connectivity index (χ0n) is 10.3. The molecule has 0 saturated heterocycles. The Morgan fingerprint density at radius 3 is 2.53 bits per heavy atom. The molecule has 0 heterocycles. The number of rotatable bonds is 3. The van der Waals surface area contributed by atoms with Crippen molar-refractivity contribution < 1.29 is 0 Å².